The second-order valence-electron chi connectivity index (χ2n) is 29.2. The van der Waals surface area contributed by atoms with Crippen LogP contribution >= 0.6 is 0 Å². The Bertz CT molecular complexity index is 2700. The normalized spacial score (nSPS) is 54.3. The van der Waals surface area contributed by atoms with Crippen molar-refractivity contribution in [3.8, 4) is 0 Å². The van der Waals surface area contributed by atoms with Crippen LogP contribution in [0.4, 0.5) is 0 Å². The molecule has 0 radical (unpaired) electrons. The number of fused-ring (bicyclic) bond motifs is 3. The fraction of sp³-hybridized carbons (Fsp3) is 0.952. The van der Waals surface area contributed by atoms with Crippen LogP contribution in [0.2, 0.25) is 0 Å². The van der Waals surface area contributed by atoms with Crippen LogP contribution in [0.15, 0.2) is 12.2 Å². The predicted octanol–water partition coefficient (Wildman–Crippen LogP) is -9.98. The van der Waals surface area contributed by atoms with Crippen LogP contribution in [-0.2, 0) is 71.1 Å². The SMILES string of the molecule is C.C=C1C[C@@]23CC[C@H]4[C@@](C)(CCC[C@@]4(C)C(=O)OC4OC(CO)C(O)C(OC5OC(CO)C(O)C(O)C5O)C4OC4OC(C)C(OC5OC(CO)C(O)C(O)C5O)C(O)C4O)[C@@H]2CCC1(OC1OC(CO)C(O)C(OC2OC(CO)C(O)C(O)C2O)C1OC1OC(CO)C(O)C(O)C1O)C3. The number of carbonyl (C=O) groups is 1. The Morgan fingerprint density at radius 1 is 0.410 bits per heavy atom. The van der Waals surface area contributed by atoms with Gasteiger partial charge in [-0.2, -0.15) is 0 Å². The zero-order valence-corrected chi connectivity index (χ0v) is 54.6. The van der Waals surface area contributed by atoms with Crippen LogP contribution in [0, 0.1) is 28.1 Å². The summed E-state index contributed by atoms with van der Waals surface area (Å²) in [7, 11) is 0. The Labute approximate surface area is 574 Å². The van der Waals surface area contributed by atoms with Gasteiger partial charge < -0.3 is 179 Å². The maximum atomic E-state index is 15.6. The second kappa shape index (κ2) is 31.6. The van der Waals surface area contributed by atoms with E-state index in [0.29, 0.717) is 44.1 Å². The largest absolute Gasteiger partial charge is 0.432 e. The molecular weight excluding hydrogens is 1350 g/mol. The van der Waals surface area contributed by atoms with E-state index < -0.39 is 288 Å². The van der Waals surface area contributed by atoms with E-state index in [9.17, 15) is 112 Å². The molecule has 4 aliphatic carbocycles. The molecule has 11 aliphatic rings. The monoisotopic (exact) mass is 1450 g/mol. The van der Waals surface area contributed by atoms with E-state index >= 15 is 4.79 Å². The van der Waals surface area contributed by atoms with Gasteiger partial charge in [0.05, 0.1) is 56.8 Å². The first-order valence-corrected chi connectivity index (χ1v) is 33.8. The minimum Gasteiger partial charge on any atom is -0.432 e. The summed E-state index contributed by atoms with van der Waals surface area (Å²) in [6.07, 6.45) is -61.4. The zero-order valence-electron chi connectivity index (χ0n) is 54.6. The van der Waals surface area contributed by atoms with E-state index in [1.165, 1.54) is 6.92 Å². The van der Waals surface area contributed by atoms with E-state index in [2.05, 4.69) is 13.5 Å². The lowest BCUT2D eigenvalue weighted by Gasteiger charge is -2.64. The highest BCUT2D eigenvalue weighted by Gasteiger charge is 2.70. The van der Waals surface area contributed by atoms with Crippen molar-refractivity contribution in [2.24, 2.45) is 28.1 Å². The van der Waals surface area contributed by atoms with Crippen molar-refractivity contribution in [2.75, 3.05) is 39.6 Å². The average Bonchev–Trinajstić information content (AvgIpc) is 1.33. The molecule has 7 heterocycles. The Morgan fingerprint density at radius 2 is 0.760 bits per heavy atom. The van der Waals surface area contributed by atoms with Crippen molar-refractivity contribution in [2.45, 2.75) is 307 Å². The van der Waals surface area contributed by atoms with Gasteiger partial charge in [0.25, 0.3) is 0 Å². The van der Waals surface area contributed by atoms with E-state index in [4.69, 9.17) is 66.3 Å². The van der Waals surface area contributed by atoms with Crippen molar-refractivity contribution in [1.82, 2.24) is 0 Å². The minimum absolute atomic E-state index is 0. The summed E-state index contributed by atoms with van der Waals surface area (Å²) >= 11 is 0. The molecule has 0 aromatic carbocycles. The molecule has 0 aromatic rings. The molecule has 22 N–H and O–H groups in total. The summed E-state index contributed by atoms with van der Waals surface area (Å²) in [5.41, 5.74) is -3.39. The fourth-order valence-electron chi connectivity index (χ4n) is 17.9. The second-order valence-corrected chi connectivity index (χ2v) is 29.2. The van der Waals surface area contributed by atoms with Gasteiger partial charge >= 0.3 is 5.97 Å². The Morgan fingerprint density at radius 3 is 1.19 bits per heavy atom. The number of hydrogen-bond acceptors (Lipinski definition) is 37. The molecule has 2 bridgehead atoms. The molecule has 0 aromatic heterocycles. The number of aliphatic hydroxyl groups excluding tert-OH is 22. The molecule has 7 saturated heterocycles. The van der Waals surface area contributed by atoms with Gasteiger partial charge in [-0.05, 0) is 93.5 Å². The molecule has 41 atom stereocenters. The van der Waals surface area contributed by atoms with Crippen LogP contribution in [0.3, 0.4) is 0 Å². The van der Waals surface area contributed by atoms with Crippen LogP contribution in [0.25, 0.3) is 0 Å². The summed E-state index contributed by atoms with van der Waals surface area (Å²) in [5.74, 6) is -1.53. The molecule has 11 rings (SSSR count). The lowest BCUT2D eigenvalue weighted by Crippen LogP contribution is -2.68. The molecular formula is C63H104O37. The summed E-state index contributed by atoms with van der Waals surface area (Å²) in [5, 5.41) is 238. The Hall–Kier alpha value is -2.19. The van der Waals surface area contributed by atoms with Crippen molar-refractivity contribution in [1.29, 1.82) is 0 Å². The molecule has 578 valence electrons. The fourth-order valence-corrected chi connectivity index (χ4v) is 17.9. The number of esters is 1. The first-order chi connectivity index (χ1) is 46.8. The molecule has 7 aliphatic heterocycles. The molecule has 0 amide bonds. The lowest BCUT2D eigenvalue weighted by molar-refractivity contribution is -0.400. The standard InChI is InChI=1S/C62H100O37.CH4/c1-20-12-61-10-6-28-59(3,29(61)7-11-62(20,19-61)99-57-50(97-55-44(83)39(78)33(72)25(16-66)90-55)48(35(74)27(18-68)92-57)95-54-43(82)38(77)32(71)24(15-65)89-54)8-5-9-60(28,4)58(85)98-56-49(47(34(73)26(17-67)91-56)94-53-42(81)37(76)31(70)23(14-64)88-53)96-51-45(84)40(79)46(21(2)86-51)93-52-41(80)36(75)30(69)22(13-63)87-52;/h21-57,63-84H,1,5-19H2,2-4H3;1H4/t21?,22?,23?,24?,25?,26?,27?,28-,29-,30?,31?,32?,33?,34?,35?,36?,37?,38?,39?,40?,41?,42?,43?,44?,45?,46?,47?,48?,49?,50?,51?,52?,53?,54?,55?,56?,57?,59+,60+,61+,62?;/m0./s1. The third kappa shape index (κ3) is 14.3. The summed E-state index contributed by atoms with van der Waals surface area (Å²) < 4.78 is 85.2. The van der Waals surface area contributed by atoms with Crippen LogP contribution < -0.4 is 0 Å². The van der Waals surface area contributed by atoms with Gasteiger partial charge in [-0.15, -0.1) is 0 Å². The number of aliphatic hydroxyl groups is 22. The zero-order chi connectivity index (χ0) is 72.0. The number of carbonyl (C=O) groups excluding carboxylic acids is 1. The number of ether oxygens (including phenoxy) is 14. The van der Waals surface area contributed by atoms with E-state index in [-0.39, 0.29) is 32.6 Å². The molecule has 11 fully saturated rings. The van der Waals surface area contributed by atoms with Crippen molar-refractivity contribution in [3.63, 3.8) is 0 Å². The summed E-state index contributed by atoms with van der Waals surface area (Å²) in [6.45, 7) is 4.32. The molecule has 1 spiro atoms. The maximum absolute atomic E-state index is 15.6. The smallest absolute Gasteiger partial charge is 0.314 e. The topological polar surface area (TPSA) is 591 Å². The Kier molecular flexibility index (Phi) is 25.4. The summed E-state index contributed by atoms with van der Waals surface area (Å²) in [4.78, 5) is 15.6. The molecule has 36 unspecified atom stereocenters. The highest BCUT2D eigenvalue weighted by atomic mass is 16.8. The maximum Gasteiger partial charge on any atom is 0.314 e. The first kappa shape index (κ1) is 80.4. The van der Waals surface area contributed by atoms with Crippen molar-refractivity contribution in [3.05, 3.63) is 12.2 Å². The molecule has 37 nitrogen and oxygen atoms in total. The van der Waals surface area contributed by atoms with Crippen molar-refractivity contribution < 1.29 is 183 Å². The van der Waals surface area contributed by atoms with Crippen molar-refractivity contribution >= 4 is 5.97 Å². The predicted molar refractivity (Wildman–Crippen MR) is 322 cm³/mol. The summed E-state index contributed by atoms with van der Waals surface area (Å²) in [6, 6.07) is 0. The van der Waals surface area contributed by atoms with Gasteiger partial charge in [0.1, 0.15) is 159 Å². The van der Waals surface area contributed by atoms with Gasteiger partial charge in [-0.1, -0.05) is 27.4 Å². The molecule has 100 heavy (non-hydrogen) atoms. The average molecular weight is 1450 g/mol. The van der Waals surface area contributed by atoms with Crippen LogP contribution in [0.1, 0.15) is 86.0 Å². The Balaban J connectivity index is 0.0000108. The molecule has 37 heteroatoms. The first-order valence-electron chi connectivity index (χ1n) is 33.8. The highest BCUT2D eigenvalue weighted by molar-refractivity contribution is 5.77. The third-order valence-electron chi connectivity index (χ3n) is 23.4. The van der Waals surface area contributed by atoms with Gasteiger partial charge in [0, 0.05) is 0 Å². The van der Waals surface area contributed by atoms with Gasteiger partial charge in [0.2, 0.25) is 6.29 Å². The van der Waals surface area contributed by atoms with Gasteiger partial charge in [0.15, 0.2) is 43.8 Å². The van der Waals surface area contributed by atoms with Gasteiger partial charge in [-0.3, -0.25) is 4.79 Å². The molecule has 4 saturated carbocycles. The highest BCUT2D eigenvalue weighted by Crippen LogP contribution is 2.74. The minimum atomic E-state index is -2.16. The van der Waals surface area contributed by atoms with Crippen LogP contribution in [0.5, 0.6) is 0 Å². The lowest BCUT2D eigenvalue weighted by atomic mass is 9.41. The van der Waals surface area contributed by atoms with E-state index in [0.717, 1.165) is 0 Å². The third-order valence-corrected chi connectivity index (χ3v) is 23.4. The number of hydrogen-bond donors (Lipinski definition) is 22. The quantitative estimate of drug-likeness (QED) is 0.0306. The van der Waals surface area contributed by atoms with E-state index in [1.54, 1.807) is 6.92 Å². The van der Waals surface area contributed by atoms with Crippen LogP contribution in [-0.4, -0.2) is 378 Å². The number of rotatable bonds is 20. The van der Waals surface area contributed by atoms with Gasteiger partial charge in [-0.25, -0.2) is 0 Å². The van der Waals surface area contributed by atoms with E-state index in [1.807, 2.05) is 0 Å².